The van der Waals surface area contributed by atoms with E-state index in [4.69, 9.17) is 14.7 Å². The van der Waals surface area contributed by atoms with Gasteiger partial charge in [0.1, 0.15) is 11.6 Å². The van der Waals surface area contributed by atoms with Gasteiger partial charge in [0.25, 0.3) is 0 Å². The van der Waals surface area contributed by atoms with E-state index in [1.54, 1.807) is 18.5 Å². The Morgan fingerprint density at radius 1 is 1.17 bits per heavy atom. The van der Waals surface area contributed by atoms with Crippen molar-refractivity contribution < 1.29 is 9.13 Å². The molecule has 1 N–H and O–H groups in total. The maximum Gasteiger partial charge on any atom is 0.161 e. The lowest BCUT2D eigenvalue weighted by atomic mass is 10.0. The Morgan fingerprint density at radius 3 is 2.87 bits per heavy atom. The average molecular weight is 405 g/mol. The van der Waals surface area contributed by atoms with Crippen molar-refractivity contribution in [3.05, 3.63) is 65.9 Å². The fraction of sp³-hybridized carbons (Fsp3) is 0.348. The zero-order valence-electron chi connectivity index (χ0n) is 16.7. The van der Waals surface area contributed by atoms with Crippen LogP contribution >= 0.6 is 0 Å². The predicted octanol–water partition coefficient (Wildman–Crippen LogP) is 3.82. The molecule has 4 heterocycles. The van der Waals surface area contributed by atoms with Crippen molar-refractivity contribution in [2.45, 2.75) is 19.4 Å². The Balaban J connectivity index is 1.49. The van der Waals surface area contributed by atoms with Crippen molar-refractivity contribution in [2.75, 3.05) is 31.6 Å². The molecule has 1 unspecified atom stereocenters. The number of hydrogen-bond acceptors (Lipinski definition) is 6. The second-order valence-corrected chi connectivity index (χ2v) is 7.91. The molecule has 0 amide bonds. The second kappa shape index (κ2) is 8.45. The third kappa shape index (κ3) is 4.17. The molecule has 0 aliphatic carbocycles. The number of fused-ring (bicyclic) bond motifs is 1. The van der Waals surface area contributed by atoms with E-state index in [0.29, 0.717) is 17.4 Å². The van der Waals surface area contributed by atoms with Gasteiger partial charge in [-0.25, -0.2) is 14.4 Å². The molecule has 3 aromatic rings. The molecular weight excluding hydrogens is 381 g/mol. The van der Waals surface area contributed by atoms with Crippen LogP contribution < -0.4 is 5.32 Å². The van der Waals surface area contributed by atoms with Crippen LogP contribution in [0.15, 0.2) is 48.8 Å². The van der Waals surface area contributed by atoms with Gasteiger partial charge in [-0.2, -0.15) is 0 Å². The number of ether oxygens (including phenoxy) is 1. The van der Waals surface area contributed by atoms with Gasteiger partial charge in [-0.3, -0.25) is 9.88 Å². The summed E-state index contributed by atoms with van der Waals surface area (Å²) < 4.78 is 19.3. The van der Waals surface area contributed by atoms with Gasteiger partial charge in [0.15, 0.2) is 5.82 Å². The first-order chi connectivity index (χ1) is 14.7. The standard InChI is InChI=1S/C23H24FN5O/c24-18-2-1-3-19(12-18)26-23-20-14-29(13-16-7-11-30-15-16)10-6-21(20)27-22(28-23)17-4-8-25-9-5-17/h1-5,8-9,12,16H,6-7,10-11,13-15H2,(H,26,27,28). The lowest BCUT2D eigenvalue weighted by molar-refractivity contribution is 0.161. The first-order valence-corrected chi connectivity index (χ1v) is 10.4. The van der Waals surface area contributed by atoms with Crippen molar-refractivity contribution in [3.8, 4) is 11.4 Å². The van der Waals surface area contributed by atoms with Gasteiger partial charge in [0.2, 0.25) is 0 Å². The van der Waals surface area contributed by atoms with Gasteiger partial charge in [-0.1, -0.05) is 6.07 Å². The maximum atomic E-state index is 13.7. The summed E-state index contributed by atoms with van der Waals surface area (Å²) in [5.41, 5.74) is 3.73. The Kier molecular flexibility index (Phi) is 5.38. The molecular formula is C23H24FN5O. The topological polar surface area (TPSA) is 63.2 Å². The Bertz CT molecular complexity index is 1020. The summed E-state index contributed by atoms with van der Waals surface area (Å²) in [6.07, 6.45) is 5.46. The van der Waals surface area contributed by atoms with E-state index < -0.39 is 0 Å². The van der Waals surface area contributed by atoms with E-state index in [-0.39, 0.29) is 5.82 Å². The maximum absolute atomic E-state index is 13.7. The zero-order chi connectivity index (χ0) is 20.3. The molecule has 1 aromatic carbocycles. The van der Waals surface area contributed by atoms with Crippen LogP contribution in [0.1, 0.15) is 17.7 Å². The molecule has 0 saturated carbocycles. The molecule has 1 atom stereocenters. The van der Waals surface area contributed by atoms with E-state index in [0.717, 1.165) is 68.3 Å². The first kappa shape index (κ1) is 19.1. The molecule has 0 bridgehead atoms. The van der Waals surface area contributed by atoms with Crippen LogP contribution in [-0.2, 0) is 17.7 Å². The number of hydrogen-bond donors (Lipinski definition) is 1. The van der Waals surface area contributed by atoms with Gasteiger partial charge in [0.05, 0.1) is 12.3 Å². The summed E-state index contributed by atoms with van der Waals surface area (Å²) >= 11 is 0. The monoisotopic (exact) mass is 405 g/mol. The van der Waals surface area contributed by atoms with Crippen molar-refractivity contribution in [1.82, 2.24) is 19.9 Å². The number of aromatic nitrogens is 3. The third-order valence-corrected chi connectivity index (χ3v) is 5.71. The van der Waals surface area contributed by atoms with Crippen molar-refractivity contribution in [1.29, 1.82) is 0 Å². The number of halogens is 1. The smallest absolute Gasteiger partial charge is 0.161 e. The van der Waals surface area contributed by atoms with Gasteiger partial charge >= 0.3 is 0 Å². The molecule has 5 rings (SSSR count). The van der Waals surface area contributed by atoms with E-state index in [1.807, 2.05) is 18.2 Å². The van der Waals surface area contributed by atoms with Gasteiger partial charge in [0, 0.05) is 61.9 Å². The molecule has 0 radical (unpaired) electrons. The summed E-state index contributed by atoms with van der Waals surface area (Å²) in [5.74, 6) is 1.71. The molecule has 154 valence electrons. The van der Waals surface area contributed by atoms with Crippen LogP contribution in [-0.4, -0.2) is 46.2 Å². The molecule has 30 heavy (non-hydrogen) atoms. The minimum absolute atomic E-state index is 0.278. The SMILES string of the molecule is Fc1cccc(Nc2nc(-c3ccncc3)nc3c2CN(CC2CCOC2)CC3)c1. The summed E-state index contributed by atoms with van der Waals surface area (Å²) in [6.45, 7) is 4.47. The minimum atomic E-state index is -0.278. The summed E-state index contributed by atoms with van der Waals surface area (Å²) in [6, 6.07) is 10.3. The van der Waals surface area contributed by atoms with Crippen molar-refractivity contribution in [2.24, 2.45) is 5.92 Å². The van der Waals surface area contributed by atoms with Crippen molar-refractivity contribution >= 4 is 11.5 Å². The van der Waals surface area contributed by atoms with Gasteiger partial charge in [-0.05, 0) is 42.7 Å². The number of rotatable bonds is 5. The molecule has 1 saturated heterocycles. The van der Waals surface area contributed by atoms with Crippen LogP contribution in [0.5, 0.6) is 0 Å². The van der Waals surface area contributed by atoms with E-state index in [9.17, 15) is 4.39 Å². The number of benzene rings is 1. The molecule has 2 aliphatic rings. The summed E-state index contributed by atoms with van der Waals surface area (Å²) in [5, 5.41) is 3.34. The number of pyridine rings is 1. The molecule has 1 fully saturated rings. The van der Waals surface area contributed by atoms with Gasteiger partial charge < -0.3 is 10.1 Å². The van der Waals surface area contributed by atoms with Crippen molar-refractivity contribution in [3.63, 3.8) is 0 Å². The highest BCUT2D eigenvalue weighted by molar-refractivity contribution is 5.65. The first-order valence-electron chi connectivity index (χ1n) is 10.4. The lowest BCUT2D eigenvalue weighted by Crippen LogP contribution is -2.36. The molecule has 2 aromatic heterocycles. The van der Waals surface area contributed by atoms with E-state index >= 15 is 0 Å². The van der Waals surface area contributed by atoms with Crippen LogP contribution in [0.4, 0.5) is 15.9 Å². The minimum Gasteiger partial charge on any atom is -0.381 e. The number of nitrogens with zero attached hydrogens (tertiary/aromatic N) is 4. The normalized spacial score (nSPS) is 18.9. The lowest BCUT2D eigenvalue weighted by Gasteiger charge is -2.31. The molecule has 7 heteroatoms. The van der Waals surface area contributed by atoms with E-state index in [2.05, 4.69) is 15.2 Å². The van der Waals surface area contributed by atoms with Crippen LogP contribution in [0, 0.1) is 11.7 Å². The van der Waals surface area contributed by atoms with Crippen LogP contribution in [0.3, 0.4) is 0 Å². The third-order valence-electron chi connectivity index (χ3n) is 5.71. The van der Waals surface area contributed by atoms with Crippen LogP contribution in [0.2, 0.25) is 0 Å². The second-order valence-electron chi connectivity index (χ2n) is 7.91. The molecule has 6 nitrogen and oxygen atoms in total. The highest BCUT2D eigenvalue weighted by atomic mass is 19.1. The highest BCUT2D eigenvalue weighted by Crippen LogP contribution is 2.30. The predicted molar refractivity (Wildman–Crippen MR) is 113 cm³/mol. The molecule has 2 aliphatic heterocycles. The fourth-order valence-electron chi connectivity index (χ4n) is 4.15. The van der Waals surface area contributed by atoms with Gasteiger partial charge in [-0.15, -0.1) is 0 Å². The highest BCUT2D eigenvalue weighted by Gasteiger charge is 2.26. The number of nitrogens with one attached hydrogen (secondary N) is 1. The largest absolute Gasteiger partial charge is 0.381 e. The number of anilines is 2. The Morgan fingerprint density at radius 2 is 2.07 bits per heavy atom. The summed E-state index contributed by atoms with van der Waals surface area (Å²) in [4.78, 5) is 16.2. The quantitative estimate of drug-likeness (QED) is 0.696. The van der Waals surface area contributed by atoms with Crippen LogP contribution in [0.25, 0.3) is 11.4 Å². The molecule has 0 spiro atoms. The summed E-state index contributed by atoms with van der Waals surface area (Å²) in [7, 11) is 0. The average Bonchev–Trinajstić information content (AvgIpc) is 3.28. The fourth-order valence-corrected chi connectivity index (χ4v) is 4.15. The Hall–Kier alpha value is -2.90. The Labute approximate surface area is 175 Å². The van der Waals surface area contributed by atoms with E-state index in [1.165, 1.54) is 12.1 Å². The zero-order valence-corrected chi connectivity index (χ0v) is 16.7.